The molecule has 1 fully saturated rings. The number of benzene rings is 1. The highest BCUT2D eigenvalue weighted by molar-refractivity contribution is 7.89. The van der Waals surface area contributed by atoms with Crippen LogP contribution < -0.4 is 10.0 Å². The van der Waals surface area contributed by atoms with Gasteiger partial charge < -0.3 is 14.6 Å². The lowest BCUT2D eigenvalue weighted by atomic mass is 9.79. The molecule has 0 bridgehead atoms. The van der Waals surface area contributed by atoms with E-state index in [4.69, 9.17) is 9.31 Å². The summed E-state index contributed by atoms with van der Waals surface area (Å²) in [6.45, 7) is 16.0. The van der Waals surface area contributed by atoms with Crippen LogP contribution >= 0.6 is 0 Å². The molecule has 2 N–H and O–H groups in total. The average Bonchev–Trinajstić information content (AvgIpc) is 2.79. The van der Waals surface area contributed by atoms with Crippen molar-refractivity contribution in [3.63, 3.8) is 0 Å². The summed E-state index contributed by atoms with van der Waals surface area (Å²) < 4.78 is 39.6. The van der Waals surface area contributed by atoms with Crippen molar-refractivity contribution in [2.45, 2.75) is 63.2 Å². The minimum absolute atomic E-state index is 0.243. The summed E-state index contributed by atoms with van der Waals surface area (Å²) in [5, 5.41) is 3.12. The van der Waals surface area contributed by atoms with Crippen molar-refractivity contribution >= 4 is 17.1 Å². The van der Waals surface area contributed by atoms with Gasteiger partial charge in [-0.15, -0.1) is 0 Å². The third kappa shape index (κ3) is 5.47. The van der Waals surface area contributed by atoms with Gasteiger partial charge in [0.15, 0.2) is 0 Å². The number of hydrogen-bond donors (Lipinski definition) is 2. The Morgan fingerprint density at radius 3 is 2.21 bits per heavy atom. The van der Waals surface area contributed by atoms with Gasteiger partial charge >= 0.3 is 7.12 Å². The molecule has 0 spiro atoms. The molecule has 1 aromatic carbocycles. The second-order valence-corrected chi connectivity index (χ2v) is 10.4. The van der Waals surface area contributed by atoms with Crippen LogP contribution in [0.4, 0.5) is 0 Å². The zero-order valence-corrected chi connectivity index (χ0v) is 18.4. The van der Waals surface area contributed by atoms with Crippen molar-refractivity contribution in [2.24, 2.45) is 0 Å². The van der Waals surface area contributed by atoms with E-state index in [9.17, 15) is 8.42 Å². The Hall–Kier alpha value is -1.61. The molecule has 2 rings (SSSR count). The molecule has 1 saturated heterocycles. The van der Waals surface area contributed by atoms with Gasteiger partial charge in [0, 0.05) is 12.1 Å². The van der Waals surface area contributed by atoms with E-state index >= 15 is 0 Å². The Morgan fingerprint density at radius 2 is 1.68 bits per heavy atom. The van der Waals surface area contributed by atoms with Crippen LogP contribution in [-0.2, 0) is 19.3 Å². The van der Waals surface area contributed by atoms with Crippen molar-refractivity contribution < 1.29 is 17.7 Å². The zero-order chi connectivity index (χ0) is 21.2. The zero-order valence-electron chi connectivity index (χ0n) is 17.6. The van der Waals surface area contributed by atoms with E-state index in [1.165, 1.54) is 0 Å². The van der Waals surface area contributed by atoms with Crippen molar-refractivity contribution in [1.29, 1.82) is 0 Å². The molecule has 8 heteroatoms. The molecular weight excluding hydrogens is 375 g/mol. The highest BCUT2D eigenvalue weighted by atomic mass is 32.2. The van der Waals surface area contributed by atoms with E-state index in [2.05, 4.69) is 16.6 Å². The smallest absolute Gasteiger partial charge is 0.399 e. The van der Waals surface area contributed by atoms with Gasteiger partial charge in [0.2, 0.25) is 10.0 Å². The molecule has 6 nitrogen and oxygen atoms in total. The Bertz CT molecular complexity index is 817. The van der Waals surface area contributed by atoms with Crippen LogP contribution in [0.15, 0.2) is 59.6 Å². The van der Waals surface area contributed by atoms with Crippen LogP contribution in [-0.4, -0.2) is 38.8 Å². The third-order valence-electron chi connectivity index (χ3n) is 4.98. The molecule has 1 aliphatic rings. The molecule has 1 aromatic rings. The predicted molar refractivity (Wildman–Crippen MR) is 113 cm³/mol. The fraction of sp³-hybridized carbons (Fsp3) is 0.500. The van der Waals surface area contributed by atoms with E-state index in [0.717, 1.165) is 0 Å². The number of sulfonamides is 1. The van der Waals surface area contributed by atoms with E-state index in [1.54, 1.807) is 42.6 Å². The lowest BCUT2D eigenvalue weighted by Gasteiger charge is -2.32. The lowest BCUT2D eigenvalue weighted by molar-refractivity contribution is 0.00578. The van der Waals surface area contributed by atoms with Crippen LogP contribution in [0.5, 0.6) is 0 Å². The fourth-order valence-corrected chi connectivity index (χ4v) is 4.04. The van der Waals surface area contributed by atoms with Crippen molar-refractivity contribution in [1.82, 2.24) is 10.0 Å². The van der Waals surface area contributed by atoms with Gasteiger partial charge in [0.25, 0.3) is 0 Å². The molecular formula is C20H31BN2O4S. The third-order valence-corrected chi connectivity index (χ3v) is 6.69. The van der Waals surface area contributed by atoms with Gasteiger partial charge in [-0.1, -0.05) is 24.8 Å². The molecule has 0 aliphatic carbocycles. The standard InChI is InChI=1S/C20H31BN2O4S/c1-16(21-26-19(4,5)20(6,7)27-21)13-14-22-15-18(2,3)23-28(24,25)17-11-9-8-10-12-17/h8-14,22-23H,1,15H2,2-7H3/b14-13-. The normalized spacial score (nSPS) is 19.1. The first-order chi connectivity index (χ1) is 12.8. The molecule has 154 valence electrons. The number of allylic oxidation sites excluding steroid dienone is 2. The number of rotatable bonds is 8. The van der Waals surface area contributed by atoms with Crippen molar-refractivity contribution in [3.8, 4) is 0 Å². The van der Waals surface area contributed by atoms with Crippen LogP contribution in [0.2, 0.25) is 0 Å². The highest BCUT2D eigenvalue weighted by Crippen LogP contribution is 2.38. The van der Waals surface area contributed by atoms with Crippen molar-refractivity contribution in [2.75, 3.05) is 6.54 Å². The molecule has 1 heterocycles. The van der Waals surface area contributed by atoms with Gasteiger partial charge in [0.1, 0.15) is 0 Å². The Labute approximate surface area is 169 Å². The Morgan fingerprint density at radius 1 is 1.14 bits per heavy atom. The molecule has 0 atom stereocenters. The van der Waals surface area contributed by atoms with E-state index in [1.807, 2.05) is 41.5 Å². The largest absolute Gasteiger partial charge is 0.494 e. The quantitative estimate of drug-likeness (QED) is 0.513. The molecule has 0 unspecified atom stereocenters. The first-order valence-electron chi connectivity index (χ1n) is 9.29. The monoisotopic (exact) mass is 406 g/mol. The van der Waals surface area contributed by atoms with Gasteiger partial charge in [0.05, 0.1) is 16.1 Å². The summed E-state index contributed by atoms with van der Waals surface area (Å²) in [6.07, 6.45) is 3.51. The van der Waals surface area contributed by atoms with Crippen molar-refractivity contribution in [3.05, 3.63) is 54.7 Å². The van der Waals surface area contributed by atoms with Crippen LogP contribution in [0.3, 0.4) is 0 Å². The topological polar surface area (TPSA) is 76.7 Å². The predicted octanol–water partition coefficient (Wildman–Crippen LogP) is 3.03. The van der Waals surface area contributed by atoms with Gasteiger partial charge in [-0.25, -0.2) is 13.1 Å². The highest BCUT2D eigenvalue weighted by Gasteiger charge is 2.51. The van der Waals surface area contributed by atoms with Gasteiger partial charge in [-0.05, 0) is 71.4 Å². The van der Waals surface area contributed by atoms with Crippen LogP contribution in [0, 0.1) is 0 Å². The minimum atomic E-state index is -3.58. The maximum absolute atomic E-state index is 12.5. The summed E-state index contributed by atoms with van der Waals surface area (Å²) in [6, 6.07) is 8.32. The Balaban J connectivity index is 1.89. The lowest BCUT2D eigenvalue weighted by Crippen LogP contribution is -2.49. The van der Waals surface area contributed by atoms with Gasteiger partial charge in [-0.2, -0.15) is 0 Å². The maximum atomic E-state index is 12.5. The van der Waals surface area contributed by atoms with Crippen LogP contribution in [0.1, 0.15) is 41.5 Å². The summed E-state index contributed by atoms with van der Waals surface area (Å²) in [5.74, 6) is 0. The molecule has 28 heavy (non-hydrogen) atoms. The molecule has 0 aromatic heterocycles. The molecule has 0 radical (unpaired) electrons. The summed E-state index contributed by atoms with van der Waals surface area (Å²) in [7, 11) is -4.09. The van der Waals surface area contributed by atoms with Crippen LogP contribution in [0.25, 0.3) is 0 Å². The summed E-state index contributed by atoms with van der Waals surface area (Å²) in [5.41, 5.74) is -0.835. The fourth-order valence-electron chi connectivity index (χ4n) is 2.61. The van der Waals surface area contributed by atoms with E-state index in [-0.39, 0.29) is 4.90 Å². The first kappa shape index (κ1) is 22.7. The summed E-state index contributed by atoms with van der Waals surface area (Å²) >= 11 is 0. The number of nitrogens with one attached hydrogen (secondary N) is 2. The SMILES string of the molecule is C=C(/C=C\NCC(C)(C)NS(=O)(=O)c1ccccc1)B1OC(C)(C)C(C)(C)O1. The first-order valence-corrected chi connectivity index (χ1v) is 10.8. The van der Waals surface area contributed by atoms with Gasteiger partial charge in [-0.3, -0.25) is 0 Å². The summed E-state index contributed by atoms with van der Waals surface area (Å²) in [4.78, 5) is 0.243. The molecule has 0 amide bonds. The van der Waals surface area contributed by atoms with E-state index < -0.39 is 33.9 Å². The average molecular weight is 406 g/mol. The van der Waals surface area contributed by atoms with E-state index in [0.29, 0.717) is 12.0 Å². The second-order valence-electron chi connectivity index (χ2n) is 8.68. The maximum Gasteiger partial charge on any atom is 0.494 e. The Kier molecular flexibility index (Phi) is 6.50. The minimum Gasteiger partial charge on any atom is -0.399 e. The molecule has 0 saturated carbocycles. The molecule has 1 aliphatic heterocycles. The number of hydrogen-bond acceptors (Lipinski definition) is 5. The second kappa shape index (κ2) is 8.03.